The first-order chi connectivity index (χ1) is 12.9. The number of primary amides is 1. The molecule has 0 unspecified atom stereocenters. The van der Waals surface area contributed by atoms with E-state index in [0.717, 1.165) is 24.3 Å². The molecule has 1 saturated heterocycles. The van der Waals surface area contributed by atoms with E-state index in [1.165, 1.54) is 0 Å². The van der Waals surface area contributed by atoms with Crippen LogP contribution >= 0.6 is 0 Å². The first-order valence-corrected chi connectivity index (χ1v) is 8.66. The highest BCUT2D eigenvalue weighted by molar-refractivity contribution is 5.95. The Morgan fingerprint density at radius 3 is 2.44 bits per heavy atom. The smallest absolute Gasteiger partial charge is 0.288 e. The van der Waals surface area contributed by atoms with Crippen LogP contribution in [0.4, 0.5) is 0 Å². The molecule has 1 aliphatic rings. The first-order valence-electron chi connectivity index (χ1n) is 8.66. The molecule has 8 heteroatoms. The highest BCUT2D eigenvalue weighted by Crippen LogP contribution is 2.22. The molecule has 0 atom stereocenters. The Labute approximate surface area is 156 Å². The lowest BCUT2D eigenvalue weighted by atomic mass is 10.0. The number of carbonyl (C=O) groups excluding carboxylic acids is 2. The molecule has 0 saturated carbocycles. The minimum atomic E-state index is -0.670. The number of likely N-dealkylation sites (N-methyl/N-ethyl adjacent to an activating group) is 1. The lowest BCUT2D eigenvalue weighted by molar-refractivity contribution is 0.0399. The fourth-order valence-electron chi connectivity index (χ4n) is 3.14. The summed E-state index contributed by atoms with van der Waals surface area (Å²) in [5.41, 5.74) is 8.10. The average Bonchev–Trinajstić information content (AvgIpc) is 3.04. The van der Waals surface area contributed by atoms with Crippen LogP contribution in [0.2, 0.25) is 0 Å². The Kier molecular flexibility index (Phi) is 4.12. The Bertz CT molecular complexity index is 1020. The van der Waals surface area contributed by atoms with Crippen molar-refractivity contribution < 1.29 is 9.59 Å². The van der Waals surface area contributed by atoms with Crippen LogP contribution in [0.25, 0.3) is 16.9 Å². The van der Waals surface area contributed by atoms with Gasteiger partial charge in [-0.25, -0.2) is 9.50 Å². The van der Waals surface area contributed by atoms with Crippen LogP contribution in [0.15, 0.2) is 42.5 Å². The van der Waals surface area contributed by atoms with Gasteiger partial charge in [0, 0.05) is 30.3 Å². The molecule has 2 amide bonds. The van der Waals surface area contributed by atoms with Crippen molar-refractivity contribution >= 4 is 17.5 Å². The maximum absolute atomic E-state index is 12.6. The molecular formula is C19H20N6O2. The minimum absolute atomic E-state index is 0.0255. The molecule has 8 nitrogen and oxygen atoms in total. The van der Waals surface area contributed by atoms with Crippen molar-refractivity contribution in [2.75, 3.05) is 27.2 Å². The van der Waals surface area contributed by atoms with Gasteiger partial charge < -0.3 is 15.5 Å². The fourth-order valence-corrected chi connectivity index (χ4v) is 3.14. The zero-order valence-electron chi connectivity index (χ0n) is 15.2. The van der Waals surface area contributed by atoms with Crippen molar-refractivity contribution in [2.45, 2.75) is 6.04 Å². The number of pyridine rings is 1. The van der Waals surface area contributed by atoms with Gasteiger partial charge in [0.2, 0.25) is 5.82 Å². The second-order valence-electron chi connectivity index (χ2n) is 6.89. The van der Waals surface area contributed by atoms with Gasteiger partial charge in [-0.15, -0.1) is 5.10 Å². The maximum Gasteiger partial charge on any atom is 0.288 e. The predicted molar refractivity (Wildman–Crippen MR) is 100 cm³/mol. The highest BCUT2D eigenvalue weighted by Gasteiger charge is 2.32. The van der Waals surface area contributed by atoms with Crippen LogP contribution in [0.5, 0.6) is 0 Å². The summed E-state index contributed by atoms with van der Waals surface area (Å²) in [6.45, 7) is 1.50. The summed E-state index contributed by atoms with van der Waals surface area (Å²) in [4.78, 5) is 32.0. The van der Waals surface area contributed by atoms with Crippen molar-refractivity contribution in [2.24, 2.45) is 5.73 Å². The zero-order chi connectivity index (χ0) is 19.1. The molecule has 0 radical (unpaired) electrons. The van der Waals surface area contributed by atoms with E-state index in [-0.39, 0.29) is 11.7 Å². The summed E-state index contributed by atoms with van der Waals surface area (Å²) in [5, 5.41) is 4.17. The second kappa shape index (κ2) is 6.48. The highest BCUT2D eigenvalue weighted by atomic mass is 16.2. The van der Waals surface area contributed by atoms with Crippen molar-refractivity contribution in [1.82, 2.24) is 24.4 Å². The summed E-state index contributed by atoms with van der Waals surface area (Å²) < 4.78 is 1.58. The zero-order valence-corrected chi connectivity index (χ0v) is 15.2. The number of benzene rings is 1. The van der Waals surface area contributed by atoms with E-state index >= 15 is 0 Å². The van der Waals surface area contributed by atoms with Crippen molar-refractivity contribution in [3.05, 3.63) is 53.9 Å². The number of hydrogen-bond donors (Lipinski definition) is 1. The number of amides is 2. The Hall–Kier alpha value is -3.26. The summed E-state index contributed by atoms with van der Waals surface area (Å²) in [6, 6.07) is 13.3. The van der Waals surface area contributed by atoms with E-state index in [4.69, 9.17) is 5.73 Å². The number of carbonyl (C=O) groups is 2. The largest absolute Gasteiger partial charge is 0.363 e. The lowest BCUT2D eigenvalue weighted by Gasteiger charge is -2.42. The lowest BCUT2D eigenvalue weighted by Crippen LogP contribution is -2.59. The number of likely N-dealkylation sites (tertiary alicyclic amines) is 1. The molecule has 1 fully saturated rings. The monoisotopic (exact) mass is 364 g/mol. The topological polar surface area (TPSA) is 96.8 Å². The molecule has 0 bridgehead atoms. The molecule has 0 spiro atoms. The number of rotatable bonds is 4. The molecule has 2 N–H and O–H groups in total. The summed E-state index contributed by atoms with van der Waals surface area (Å²) >= 11 is 0. The third kappa shape index (κ3) is 3.04. The van der Waals surface area contributed by atoms with Gasteiger partial charge in [0.15, 0.2) is 5.65 Å². The van der Waals surface area contributed by atoms with E-state index in [1.807, 2.05) is 55.4 Å². The summed E-state index contributed by atoms with van der Waals surface area (Å²) in [6.07, 6.45) is 0. The number of fused-ring (bicyclic) bond motifs is 1. The first kappa shape index (κ1) is 17.2. The molecule has 3 heterocycles. The van der Waals surface area contributed by atoms with E-state index < -0.39 is 5.91 Å². The van der Waals surface area contributed by atoms with E-state index in [2.05, 4.69) is 15.0 Å². The van der Waals surface area contributed by atoms with E-state index in [1.54, 1.807) is 10.6 Å². The number of nitrogens with zero attached hydrogens (tertiary/aromatic N) is 5. The van der Waals surface area contributed by atoms with Gasteiger partial charge in [-0.1, -0.05) is 18.2 Å². The van der Waals surface area contributed by atoms with Crippen molar-refractivity contribution in [3.63, 3.8) is 0 Å². The van der Waals surface area contributed by atoms with Crippen LogP contribution < -0.4 is 5.73 Å². The van der Waals surface area contributed by atoms with E-state index in [0.29, 0.717) is 17.3 Å². The molecule has 1 aliphatic heterocycles. The molecule has 1 aromatic carbocycles. The Balaban J connectivity index is 1.59. The molecule has 4 rings (SSSR count). The van der Waals surface area contributed by atoms with Gasteiger partial charge in [-0.2, -0.15) is 0 Å². The molecular weight excluding hydrogens is 344 g/mol. The normalized spacial score (nSPS) is 14.6. The molecule has 3 aromatic rings. The van der Waals surface area contributed by atoms with Crippen molar-refractivity contribution in [3.8, 4) is 11.3 Å². The second-order valence-corrected chi connectivity index (χ2v) is 6.89. The van der Waals surface area contributed by atoms with Crippen LogP contribution in [0.3, 0.4) is 0 Å². The number of nitrogens with two attached hydrogens (primary N) is 1. The Morgan fingerprint density at radius 1 is 1.11 bits per heavy atom. The molecule has 138 valence electrons. The van der Waals surface area contributed by atoms with Gasteiger partial charge in [0.25, 0.3) is 11.8 Å². The van der Waals surface area contributed by atoms with E-state index in [9.17, 15) is 9.59 Å². The maximum atomic E-state index is 12.6. The third-order valence-corrected chi connectivity index (χ3v) is 4.89. The van der Waals surface area contributed by atoms with Gasteiger partial charge in [0.05, 0.1) is 5.69 Å². The Morgan fingerprint density at radius 2 is 1.81 bits per heavy atom. The SMILES string of the molecule is CN(C)C1CN(C(=O)c2ccc(-c3cccc4nc(C(N)=O)nn34)cc2)C1. The van der Waals surface area contributed by atoms with Gasteiger partial charge in [-0.05, 0) is 38.4 Å². The predicted octanol–water partition coefficient (Wildman–Crippen LogP) is 0.881. The standard InChI is InChI=1S/C19H20N6O2/c1-23(2)14-10-24(11-14)19(27)13-8-6-12(7-9-13)15-4-3-5-16-21-18(17(20)26)22-25(15)16/h3-9,14H,10-11H2,1-2H3,(H2,20,26). The van der Waals surface area contributed by atoms with Gasteiger partial charge in [-0.3, -0.25) is 9.59 Å². The molecule has 0 aliphatic carbocycles. The van der Waals surface area contributed by atoms with Gasteiger partial charge >= 0.3 is 0 Å². The van der Waals surface area contributed by atoms with Crippen LogP contribution in [-0.2, 0) is 0 Å². The number of hydrogen-bond acceptors (Lipinski definition) is 5. The number of aromatic nitrogens is 3. The summed E-state index contributed by atoms with van der Waals surface area (Å²) in [7, 11) is 4.05. The molecule has 27 heavy (non-hydrogen) atoms. The van der Waals surface area contributed by atoms with Crippen LogP contribution in [0, 0.1) is 0 Å². The third-order valence-electron chi connectivity index (χ3n) is 4.89. The van der Waals surface area contributed by atoms with Crippen molar-refractivity contribution in [1.29, 1.82) is 0 Å². The minimum Gasteiger partial charge on any atom is -0.363 e. The average molecular weight is 364 g/mol. The van der Waals surface area contributed by atoms with Crippen LogP contribution in [0.1, 0.15) is 21.0 Å². The molecule has 2 aromatic heterocycles. The summed E-state index contributed by atoms with van der Waals surface area (Å²) in [5.74, 6) is -0.659. The van der Waals surface area contributed by atoms with Gasteiger partial charge in [0.1, 0.15) is 0 Å². The fraction of sp³-hybridized carbons (Fsp3) is 0.263. The van der Waals surface area contributed by atoms with Crippen LogP contribution in [-0.4, -0.2) is 69.4 Å². The quantitative estimate of drug-likeness (QED) is 0.741.